The molecule has 116 valence electrons. The lowest BCUT2D eigenvalue weighted by molar-refractivity contribution is 0.0499. The van der Waals surface area contributed by atoms with Gasteiger partial charge in [-0.05, 0) is 18.9 Å². The molecule has 0 aliphatic rings. The molecule has 5 heteroatoms. The molecule has 5 nitrogen and oxygen atoms in total. The van der Waals surface area contributed by atoms with Crippen LogP contribution in [0.25, 0.3) is 0 Å². The van der Waals surface area contributed by atoms with Crippen LogP contribution in [0.5, 0.6) is 0 Å². The van der Waals surface area contributed by atoms with Gasteiger partial charge in [0.25, 0.3) is 5.91 Å². The maximum atomic E-state index is 12.1. The number of hydrogen-bond donors (Lipinski definition) is 2. The number of aliphatic hydroxyl groups excluding tert-OH is 1. The zero-order valence-electron chi connectivity index (χ0n) is 12.9. The molecule has 0 saturated carbocycles. The van der Waals surface area contributed by atoms with Crippen molar-refractivity contribution in [2.75, 3.05) is 6.54 Å². The lowest BCUT2D eigenvalue weighted by Crippen LogP contribution is -2.44. The quantitative estimate of drug-likeness (QED) is 0.853. The number of carbonyl (C=O) groups is 1. The van der Waals surface area contributed by atoms with Crippen LogP contribution in [-0.2, 0) is 6.42 Å². The monoisotopic (exact) mass is 299 g/mol. The Morgan fingerprint density at radius 2 is 2.05 bits per heavy atom. The van der Waals surface area contributed by atoms with Gasteiger partial charge >= 0.3 is 0 Å². The predicted molar refractivity (Wildman–Crippen MR) is 84.3 cm³/mol. The molecule has 0 spiro atoms. The fourth-order valence-corrected chi connectivity index (χ4v) is 2.21. The second-order valence-corrected chi connectivity index (χ2v) is 5.77. The van der Waals surface area contributed by atoms with Gasteiger partial charge in [-0.3, -0.25) is 9.78 Å². The van der Waals surface area contributed by atoms with E-state index in [1.54, 1.807) is 6.92 Å². The van der Waals surface area contributed by atoms with Gasteiger partial charge in [-0.25, -0.2) is 4.98 Å². The Kier molecular flexibility index (Phi) is 5.22. The number of nitrogens with zero attached hydrogens (tertiary/aromatic N) is 2. The van der Waals surface area contributed by atoms with Crippen molar-refractivity contribution < 1.29 is 9.90 Å². The van der Waals surface area contributed by atoms with Gasteiger partial charge in [-0.2, -0.15) is 0 Å². The fraction of sp³-hybridized carbons (Fsp3) is 0.353. The summed E-state index contributed by atoms with van der Waals surface area (Å²) in [5.41, 5.74) is 0.939. The van der Waals surface area contributed by atoms with Crippen molar-refractivity contribution in [2.45, 2.75) is 26.4 Å². The Morgan fingerprint density at radius 1 is 1.32 bits per heavy atom. The van der Waals surface area contributed by atoms with Gasteiger partial charge in [0.05, 0.1) is 12.3 Å². The molecule has 0 bridgehead atoms. The van der Waals surface area contributed by atoms with Crippen molar-refractivity contribution in [3.8, 4) is 0 Å². The Bertz CT molecular complexity index is 602. The molecular formula is C17H21N3O2. The zero-order valence-corrected chi connectivity index (χ0v) is 12.9. The number of amides is 1. The molecule has 1 heterocycles. The lowest BCUT2D eigenvalue weighted by Gasteiger charge is -2.33. The number of hydrogen-bond acceptors (Lipinski definition) is 4. The molecule has 2 aromatic rings. The molecular weight excluding hydrogens is 278 g/mol. The Morgan fingerprint density at radius 3 is 2.64 bits per heavy atom. The summed E-state index contributed by atoms with van der Waals surface area (Å²) in [4.78, 5) is 19.9. The SMILES string of the molecule is C[C@@H](O)[C@](C)(CNC(=O)c1cnccn1)Cc1ccccc1. The van der Waals surface area contributed by atoms with E-state index >= 15 is 0 Å². The number of benzene rings is 1. The highest BCUT2D eigenvalue weighted by Gasteiger charge is 2.31. The third-order valence-corrected chi connectivity index (χ3v) is 3.91. The zero-order chi connectivity index (χ0) is 16.0. The van der Waals surface area contributed by atoms with Crippen molar-refractivity contribution in [3.05, 3.63) is 60.2 Å². The van der Waals surface area contributed by atoms with E-state index in [0.29, 0.717) is 13.0 Å². The molecule has 0 fully saturated rings. The Hall–Kier alpha value is -2.27. The van der Waals surface area contributed by atoms with Crippen LogP contribution in [0.15, 0.2) is 48.9 Å². The summed E-state index contributed by atoms with van der Waals surface area (Å²) in [7, 11) is 0. The predicted octanol–water partition coefficient (Wildman–Crippen LogP) is 1.84. The molecule has 0 aliphatic carbocycles. The standard InChI is InChI=1S/C17H21N3O2/c1-13(21)17(2,10-14-6-4-3-5-7-14)12-20-16(22)15-11-18-8-9-19-15/h3-9,11,13,21H,10,12H2,1-2H3,(H,20,22)/t13-,17+/m1/s1. The van der Waals surface area contributed by atoms with Gasteiger partial charge in [0.15, 0.2) is 0 Å². The Balaban J connectivity index is 2.04. The third-order valence-electron chi connectivity index (χ3n) is 3.91. The number of aliphatic hydroxyl groups is 1. The number of rotatable bonds is 6. The van der Waals surface area contributed by atoms with Gasteiger partial charge in [-0.1, -0.05) is 37.3 Å². The first kappa shape index (κ1) is 16.1. The van der Waals surface area contributed by atoms with E-state index in [0.717, 1.165) is 5.56 Å². The third kappa shape index (κ3) is 4.11. The van der Waals surface area contributed by atoms with E-state index in [2.05, 4.69) is 15.3 Å². The van der Waals surface area contributed by atoms with E-state index < -0.39 is 11.5 Å². The van der Waals surface area contributed by atoms with Gasteiger partial charge in [0.1, 0.15) is 5.69 Å². The first-order valence-electron chi connectivity index (χ1n) is 7.27. The van der Waals surface area contributed by atoms with Crippen LogP contribution >= 0.6 is 0 Å². The van der Waals surface area contributed by atoms with E-state index in [9.17, 15) is 9.90 Å². The van der Waals surface area contributed by atoms with E-state index in [-0.39, 0.29) is 11.6 Å². The summed E-state index contributed by atoms with van der Waals surface area (Å²) >= 11 is 0. The van der Waals surface area contributed by atoms with Crippen molar-refractivity contribution >= 4 is 5.91 Å². The summed E-state index contributed by atoms with van der Waals surface area (Å²) in [6.45, 7) is 4.06. The molecule has 2 N–H and O–H groups in total. The highest BCUT2D eigenvalue weighted by atomic mass is 16.3. The summed E-state index contributed by atoms with van der Waals surface area (Å²) in [5, 5.41) is 13.0. The average molecular weight is 299 g/mol. The van der Waals surface area contributed by atoms with Crippen molar-refractivity contribution in [3.63, 3.8) is 0 Å². The van der Waals surface area contributed by atoms with Gasteiger partial charge < -0.3 is 10.4 Å². The second-order valence-electron chi connectivity index (χ2n) is 5.77. The summed E-state index contributed by atoms with van der Waals surface area (Å²) in [6.07, 6.45) is 4.53. The largest absolute Gasteiger partial charge is 0.393 e. The maximum Gasteiger partial charge on any atom is 0.271 e. The molecule has 1 amide bonds. The summed E-state index contributed by atoms with van der Waals surface area (Å²) in [6, 6.07) is 9.93. The molecule has 0 saturated heterocycles. The molecule has 0 unspecified atom stereocenters. The maximum absolute atomic E-state index is 12.1. The molecule has 2 rings (SSSR count). The number of carbonyl (C=O) groups excluding carboxylic acids is 1. The average Bonchev–Trinajstić information content (AvgIpc) is 2.54. The van der Waals surface area contributed by atoms with Crippen LogP contribution < -0.4 is 5.32 Å². The molecule has 1 aromatic heterocycles. The van der Waals surface area contributed by atoms with Gasteiger partial charge in [0, 0.05) is 24.4 Å². The van der Waals surface area contributed by atoms with Crippen LogP contribution in [0.3, 0.4) is 0 Å². The topological polar surface area (TPSA) is 75.1 Å². The minimum absolute atomic E-state index is 0.273. The normalized spacial score (nSPS) is 14.9. The summed E-state index contributed by atoms with van der Waals surface area (Å²) < 4.78 is 0. The second kappa shape index (κ2) is 7.13. The van der Waals surface area contributed by atoms with E-state index in [1.165, 1.54) is 18.6 Å². The molecule has 0 radical (unpaired) electrons. The first-order chi connectivity index (χ1) is 10.5. The molecule has 2 atom stereocenters. The highest BCUT2D eigenvalue weighted by molar-refractivity contribution is 5.91. The first-order valence-corrected chi connectivity index (χ1v) is 7.27. The van der Waals surface area contributed by atoms with Crippen LogP contribution in [-0.4, -0.2) is 33.6 Å². The molecule has 0 aliphatic heterocycles. The minimum Gasteiger partial charge on any atom is -0.393 e. The van der Waals surface area contributed by atoms with Gasteiger partial charge in [0.2, 0.25) is 0 Å². The highest BCUT2D eigenvalue weighted by Crippen LogP contribution is 2.26. The van der Waals surface area contributed by atoms with Crippen LogP contribution in [0.1, 0.15) is 29.9 Å². The van der Waals surface area contributed by atoms with Gasteiger partial charge in [-0.15, -0.1) is 0 Å². The van der Waals surface area contributed by atoms with E-state index in [1.807, 2.05) is 37.3 Å². The van der Waals surface area contributed by atoms with Crippen LogP contribution in [0.2, 0.25) is 0 Å². The minimum atomic E-state index is -0.560. The summed E-state index contributed by atoms with van der Waals surface area (Å²) in [5.74, 6) is -0.284. The van der Waals surface area contributed by atoms with Crippen LogP contribution in [0.4, 0.5) is 0 Å². The molecule has 22 heavy (non-hydrogen) atoms. The number of aromatic nitrogens is 2. The smallest absolute Gasteiger partial charge is 0.271 e. The van der Waals surface area contributed by atoms with Crippen LogP contribution in [0, 0.1) is 5.41 Å². The van der Waals surface area contributed by atoms with Crippen molar-refractivity contribution in [2.24, 2.45) is 5.41 Å². The van der Waals surface area contributed by atoms with Crippen molar-refractivity contribution in [1.82, 2.24) is 15.3 Å². The number of nitrogens with one attached hydrogen (secondary N) is 1. The fourth-order valence-electron chi connectivity index (χ4n) is 2.21. The van der Waals surface area contributed by atoms with E-state index in [4.69, 9.17) is 0 Å². The van der Waals surface area contributed by atoms with Crippen molar-refractivity contribution in [1.29, 1.82) is 0 Å². The Labute approximate surface area is 130 Å². The lowest BCUT2D eigenvalue weighted by atomic mass is 9.79. The molecule has 1 aromatic carbocycles.